The van der Waals surface area contributed by atoms with Crippen LogP contribution in [0.4, 0.5) is 5.69 Å². The van der Waals surface area contributed by atoms with E-state index in [9.17, 15) is 4.79 Å². The average molecular weight is 430 g/mol. The Morgan fingerprint density at radius 3 is 2.69 bits per heavy atom. The Hall–Kier alpha value is -3.61. The first-order chi connectivity index (χ1) is 15.7. The number of hydrogen-bond acceptors (Lipinski definition) is 4. The van der Waals surface area contributed by atoms with E-state index in [1.54, 1.807) is 25.8 Å². The standard InChI is InChI=1S/C25H27N5O2/c1-17-24(25(31)28-18-8-11-23(27-15-18)29-13-12-26-16-29)21-14-20(32-2)9-10-22(21)30(17)19-6-4-3-5-7-19/h8-16,19H,3-7H2,1-2H3,(H,28,31). The molecule has 1 aliphatic rings. The van der Waals surface area contributed by atoms with Gasteiger partial charge < -0.3 is 14.6 Å². The van der Waals surface area contributed by atoms with Crippen molar-refractivity contribution in [2.24, 2.45) is 0 Å². The quantitative estimate of drug-likeness (QED) is 0.467. The molecule has 1 saturated carbocycles. The van der Waals surface area contributed by atoms with E-state index >= 15 is 0 Å². The smallest absolute Gasteiger partial charge is 0.258 e. The van der Waals surface area contributed by atoms with Crippen LogP contribution in [0, 0.1) is 6.92 Å². The van der Waals surface area contributed by atoms with Crippen LogP contribution in [0.5, 0.6) is 5.75 Å². The van der Waals surface area contributed by atoms with Crippen molar-refractivity contribution in [3.8, 4) is 11.6 Å². The largest absolute Gasteiger partial charge is 0.497 e. The van der Waals surface area contributed by atoms with Gasteiger partial charge in [0.05, 0.1) is 24.6 Å². The number of nitrogens with zero attached hydrogens (tertiary/aromatic N) is 4. The van der Waals surface area contributed by atoms with Gasteiger partial charge in [0, 0.05) is 35.0 Å². The maximum absolute atomic E-state index is 13.4. The molecule has 0 unspecified atom stereocenters. The lowest BCUT2D eigenvalue weighted by Crippen LogP contribution is -2.17. The summed E-state index contributed by atoms with van der Waals surface area (Å²) in [5.41, 5.74) is 3.44. The molecule has 1 amide bonds. The molecule has 164 valence electrons. The van der Waals surface area contributed by atoms with Crippen molar-refractivity contribution in [2.75, 3.05) is 12.4 Å². The fraction of sp³-hybridized carbons (Fsp3) is 0.320. The van der Waals surface area contributed by atoms with Crippen LogP contribution in [0.2, 0.25) is 0 Å². The minimum atomic E-state index is -0.132. The molecule has 0 atom stereocenters. The van der Waals surface area contributed by atoms with E-state index in [1.807, 2.05) is 35.0 Å². The lowest BCUT2D eigenvalue weighted by Gasteiger charge is -2.26. The third-order valence-corrected chi connectivity index (χ3v) is 6.40. The molecule has 1 aliphatic carbocycles. The van der Waals surface area contributed by atoms with Gasteiger partial charge in [-0.25, -0.2) is 9.97 Å². The van der Waals surface area contributed by atoms with Gasteiger partial charge in [-0.3, -0.25) is 9.36 Å². The molecule has 0 bridgehead atoms. The van der Waals surface area contributed by atoms with E-state index in [-0.39, 0.29) is 5.91 Å². The number of aromatic nitrogens is 4. The zero-order valence-electron chi connectivity index (χ0n) is 18.4. The van der Waals surface area contributed by atoms with Crippen LogP contribution in [0.25, 0.3) is 16.7 Å². The highest BCUT2D eigenvalue weighted by atomic mass is 16.5. The van der Waals surface area contributed by atoms with Gasteiger partial charge in [0.25, 0.3) is 5.91 Å². The van der Waals surface area contributed by atoms with Crippen molar-refractivity contribution < 1.29 is 9.53 Å². The minimum Gasteiger partial charge on any atom is -0.497 e. The predicted molar refractivity (Wildman–Crippen MR) is 125 cm³/mol. The van der Waals surface area contributed by atoms with Crippen molar-refractivity contribution in [1.82, 2.24) is 19.1 Å². The molecule has 3 heterocycles. The average Bonchev–Trinajstić information content (AvgIpc) is 3.45. The van der Waals surface area contributed by atoms with Gasteiger partial charge in [0.2, 0.25) is 0 Å². The number of nitrogens with one attached hydrogen (secondary N) is 1. The number of carbonyl (C=O) groups is 1. The summed E-state index contributed by atoms with van der Waals surface area (Å²) in [5.74, 6) is 1.36. The molecule has 1 N–H and O–H groups in total. The number of ether oxygens (including phenoxy) is 1. The Morgan fingerprint density at radius 1 is 1.16 bits per heavy atom. The highest BCUT2D eigenvalue weighted by Crippen LogP contribution is 2.37. The minimum absolute atomic E-state index is 0.132. The number of fused-ring (bicyclic) bond motifs is 1. The fourth-order valence-corrected chi connectivity index (χ4v) is 4.85. The molecule has 5 rings (SSSR count). The summed E-state index contributed by atoms with van der Waals surface area (Å²) in [4.78, 5) is 21.9. The summed E-state index contributed by atoms with van der Waals surface area (Å²) < 4.78 is 9.64. The number of carbonyl (C=O) groups excluding carboxylic acids is 1. The first-order valence-electron chi connectivity index (χ1n) is 11.1. The van der Waals surface area contributed by atoms with Gasteiger partial charge in [-0.1, -0.05) is 19.3 Å². The molecule has 3 aromatic heterocycles. The number of hydrogen-bond donors (Lipinski definition) is 1. The molecule has 0 spiro atoms. The van der Waals surface area contributed by atoms with Crippen LogP contribution >= 0.6 is 0 Å². The first-order valence-corrected chi connectivity index (χ1v) is 11.1. The molecule has 7 heteroatoms. The summed E-state index contributed by atoms with van der Waals surface area (Å²) in [6.45, 7) is 2.05. The maximum atomic E-state index is 13.4. The van der Waals surface area contributed by atoms with Crippen LogP contribution in [-0.4, -0.2) is 32.1 Å². The number of rotatable bonds is 5. The molecule has 7 nitrogen and oxygen atoms in total. The second kappa shape index (κ2) is 8.49. The van der Waals surface area contributed by atoms with Gasteiger partial charge in [-0.2, -0.15) is 0 Å². The number of methoxy groups -OCH3 is 1. The lowest BCUT2D eigenvalue weighted by atomic mass is 9.95. The normalized spacial score (nSPS) is 14.6. The van der Waals surface area contributed by atoms with Gasteiger partial charge >= 0.3 is 0 Å². The Kier molecular flexibility index (Phi) is 5.39. The molecule has 0 saturated heterocycles. The van der Waals surface area contributed by atoms with E-state index in [4.69, 9.17) is 4.74 Å². The summed E-state index contributed by atoms with van der Waals surface area (Å²) in [7, 11) is 1.65. The van der Waals surface area contributed by atoms with Crippen molar-refractivity contribution >= 4 is 22.5 Å². The van der Waals surface area contributed by atoms with E-state index in [2.05, 4.69) is 32.8 Å². The SMILES string of the molecule is COc1ccc2c(c1)c(C(=O)Nc1ccc(-n3ccnc3)nc1)c(C)n2C1CCCCC1. The van der Waals surface area contributed by atoms with Crippen LogP contribution in [0.1, 0.15) is 54.2 Å². The Morgan fingerprint density at radius 2 is 2.00 bits per heavy atom. The molecule has 0 radical (unpaired) electrons. The van der Waals surface area contributed by atoms with Gasteiger partial charge in [0.15, 0.2) is 0 Å². The molecular formula is C25H27N5O2. The topological polar surface area (TPSA) is 74.0 Å². The predicted octanol–water partition coefficient (Wildman–Crippen LogP) is 5.30. The maximum Gasteiger partial charge on any atom is 0.258 e. The summed E-state index contributed by atoms with van der Waals surface area (Å²) in [6.07, 6.45) is 13.0. The molecule has 4 aromatic rings. The monoisotopic (exact) mass is 429 g/mol. The van der Waals surface area contributed by atoms with E-state index in [1.165, 1.54) is 19.3 Å². The fourth-order valence-electron chi connectivity index (χ4n) is 4.85. The van der Waals surface area contributed by atoms with Crippen LogP contribution in [-0.2, 0) is 0 Å². The summed E-state index contributed by atoms with van der Waals surface area (Å²) >= 11 is 0. The molecule has 32 heavy (non-hydrogen) atoms. The van der Waals surface area contributed by atoms with Crippen LogP contribution in [0.15, 0.2) is 55.2 Å². The highest BCUT2D eigenvalue weighted by molar-refractivity contribution is 6.14. The zero-order valence-corrected chi connectivity index (χ0v) is 18.4. The van der Waals surface area contributed by atoms with Gasteiger partial charge in [-0.15, -0.1) is 0 Å². The Bertz CT molecular complexity index is 1240. The van der Waals surface area contributed by atoms with E-state index < -0.39 is 0 Å². The third kappa shape index (κ3) is 3.64. The van der Waals surface area contributed by atoms with E-state index in [0.717, 1.165) is 41.0 Å². The Labute approximate surface area is 187 Å². The number of anilines is 1. The van der Waals surface area contributed by atoms with Crippen molar-refractivity contribution in [1.29, 1.82) is 0 Å². The number of benzene rings is 1. The molecular weight excluding hydrogens is 402 g/mol. The van der Waals surface area contributed by atoms with Crippen molar-refractivity contribution in [3.05, 3.63) is 66.5 Å². The van der Waals surface area contributed by atoms with Crippen molar-refractivity contribution in [3.63, 3.8) is 0 Å². The second-order valence-corrected chi connectivity index (χ2v) is 8.33. The lowest BCUT2D eigenvalue weighted by molar-refractivity contribution is 0.102. The van der Waals surface area contributed by atoms with Gasteiger partial charge in [0.1, 0.15) is 17.9 Å². The summed E-state index contributed by atoms with van der Waals surface area (Å²) in [6, 6.07) is 10.2. The third-order valence-electron chi connectivity index (χ3n) is 6.40. The first kappa shape index (κ1) is 20.3. The molecule has 1 fully saturated rings. The number of imidazole rings is 1. The van der Waals surface area contributed by atoms with E-state index in [0.29, 0.717) is 17.3 Å². The van der Waals surface area contributed by atoms with Crippen molar-refractivity contribution in [2.45, 2.75) is 45.1 Å². The second-order valence-electron chi connectivity index (χ2n) is 8.33. The molecule has 0 aliphatic heterocycles. The zero-order chi connectivity index (χ0) is 22.1. The highest BCUT2D eigenvalue weighted by Gasteiger charge is 2.25. The number of amides is 1. The number of pyridine rings is 1. The summed E-state index contributed by atoms with van der Waals surface area (Å²) in [5, 5.41) is 3.96. The van der Waals surface area contributed by atoms with Crippen LogP contribution < -0.4 is 10.1 Å². The molecule has 1 aromatic carbocycles. The van der Waals surface area contributed by atoms with Gasteiger partial charge in [-0.05, 0) is 50.1 Å². The van der Waals surface area contributed by atoms with Crippen LogP contribution in [0.3, 0.4) is 0 Å². The Balaban J connectivity index is 1.50.